The summed E-state index contributed by atoms with van der Waals surface area (Å²) in [6.07, 6.45) is 0.735. The van der Waals surface area contributed by atoms with E-state index in [1.54, 1.807) is 24.3 Å². The lowest BCUT2D eigenvalue weighted by molar-refractivity contribution is -0.911. The molecule has 30 heavy (non-hydrogen) atoms. The zero-order chi connectivity index (χ0) is 20.9. The Kier molecular flexibility index (Phi) is 6.32. The standard InChI is InChI=1S/C23H25NO6/c1-16-3-2-4-19(11-16)30-22-15-29-21-12-18(5-6-20(21)23(22)26)28-14-17(25)13-24-7-9-27-10-8-24/h2-6,11-12,15,17,25H,7-10,13-14H2,1H3/p+1. The summed E-state index contributed by atoms with van der Waals surface area (Å²) in [7, 11) is 0. The summed E-state index contributed by atoms with van der Waals surface area (Å²) in [5, 5.41) is 10.6. The summed E-state index contributed by atoms with van der Waals surface area (Å²) in [6, 6.07) is 12.5. The van der Waals surface area contributed by atoms with E-state index in [1.807, 2.05) is 25.1 Å². The molecular weight excluding hydrogens is 386 g/mol. The van der Waals surface area contributed by atoms with Crippen LogP contribution in [0.5, 0.6) is 17.2 Å². The molecule has 2 N–H and O–H groups in total. The second-order valence-electron chi connectivity index (χ2n) is 7.54. The van der Waals surface area contributed by atoms with Crippen LogP contribution in [0.2, 0.25) is 0 Å². The van der Waals surface area contributed by atoms with Crippen LogP contribution in [0.3, 0.4) is 0 Å². The molecular formula is C23H26NO6+. The van der Waals surface area contributed by atoms with Crippen molar-refractivity contribution in [1.82, 2.24) is 0 Å². The highest BCUT2D eigenvalue weighted by Crippen LogP contribution is 2.24. The Morgan fingerprint density at radius 3 is 2.77 bits per heavy atom. The molecule has 3 aromatic rings. The highest BCUT2D eigenvalue weighted by Gasteiger charge is 2.19. The number of rotatable bonds is 7. The number of quaternary nitrogens is 1. The summed E-state index contributed by atoms with van der Waals surface area (Å²) in [5.41, 5.74) is 1.19. The highest BCUT2D eigenvalue weighted by molar-refractivity contribution is 5.79. The van der Waals surface area contributed by atoms with E-state index in [2.05, 4.69) is 0 Å². The third-order valence-corrected chi connectivity index (χ3v) is 5.10. The van der Waals surface area contributed by atoms with Gasteiger partial charge in [0.2, 0.25) is 11.2 Å². The Morgan fingerprint density at radius 2 is 1.97 bits per heavy atom. The molecule has 1 aliphatic rings. The molecule has 1 atom stereocenters. The Balaban J connectivity index is 1.42. The lowest BCUT2D eigenvalue weighted by Crippen LogP contribution is -3.15. The molecule has 1 unspecified atom stereocenters. The lowest BCUT2D eigenvalue weighted by atomic mass is 10.2. The Labute approximate surface area is 174 Å². The van der Waals surface area contributed by atoms with Crippen LogP contribution in [0.15, 0.2) is 57.9 Å². The van der Waals surface area contributed by atoms with Gasteiger partial charge in [0, 0.05) is 6.07 Å². The minimum absolute atomic E-state index is 0.130. The highest BCUT2D eigenvalue weighted by atomic mass is 16.5. The number of aliphatic hydroxyl groups excluding tert-OH is 1. The third kappa shape index (κ3) is 4.99. The molecule has 7 nitrogen and oxygen atoms in total. The molecule has 1 aromatic heterocycles. The van der Waals surface area contributed by atoms with Gasteiger partial charge in [0.25, 0.3) is 0 Å². The van der Waals surface area contributed by atoms with Crippen molar-refractivity contribution < 1.29 is 28.6 Å². The van der Waals surface area contributed by atoms with Crippen LogP contribution in [-0.4, -0.2) is 50.7 Å². The molecule has 0 spiro atoms. The molecule has 1 fully saturated rings. The summed E-state index contributed by atoms with van der Waals surface area (Å²) < 4.78 is 22.3. The molecule has 158 valence electrons. The second-order valence-corrected chi connectivity index (χ2v) is 7.54. The largest absolute Gasteiger partial charge is 0.491 e. The Hall–Kier alpha value is -2.87. The van der Waals surface area contributed by atoms with Crippen molar-refractivity contribution in [3.05, 3.63) is 64.5 Å². The van der Waals surface area contributed by atoms with Crippen LogP contribution < -0.4 is 19.8 Å². The Morgan fingerprint density at radius 1 is 1.13 bits per heavy atom. The molecule has 1 saturated heterocycles. The van der Waals surface area contributed by atoms with Gasteiger partial charge in [0.1, 0.15) is 55.7 Å². The first kappa shape index (κ1) is 20.4. The van der Waals surface area contributed by atoms with Crippen molar-refractivity contribution in [2.45, 2.75) is 13.0 Å². The van der Waals surface area contributed by atoms with Crippen molar-refractivity contribution in [2.24, 2.45) is 0 Å². The van der Waals surface area contributed by atoms with Gasteiger partial charge >= 0.3 is 0 Å². The number of morpholine rings is 1. The second kappa shape index (κ2) is 9.30. The van der Waals surface area contributed by atoms with Crippen LogP contribution >= 0.6 is 0 Å². The van der Waals surface area contributed by atoms with E-state index < -0.39 is 6.10 Å². The van der Waals surface area contributed by atoms with Gasteiger partial charge in [-0.1, -0.05) is 12.1 Å². The van der Waals surface area contributed by atoms with E-state index in [9.17, 15) is 9.90 Å². The van der Waals surface area contributed by atoms with Crippen LogP contribution in [0.1, 0.15) is 5.56 Å². The van der Waals surface area contributed by atoms with Crippen LogP contribution in [0.25, 0.3) is 11.0 Å². The topological polar surface area (TPSA) is 82.6 Å². The van der Waals surface area contributed by atoms with Gasteiger partial charge in [-0.05, 0) is 36.8 Å². The van der Waals surface area contributed by atoms with Crippen molar-refractivity contribution in [1.29, 1.82) is 0 Å². The fourth-order valence-corrected chi connectivity index (χ4v) is 3.51. The molecule has 7 heteroatoms. The summed E-state index contributed by atoms with van der Waals surface area (Å²) in [6.45, 7) is 5.98. The average Bonchev–Trinajstić information content (AvgIpc) is 2.75. The lowest BCUT2D eigenvalue weighted by Gasteiger charge is -2.25. The monoisotopic (exact) mass is 412 g/mol. The fraction of sp³-hybridized carbons (Fsp3) is 0.348. The normalized spacial score (nSPS) is 15.8. The van der Waals surface area contributed by atoms with Gasteiger partial charge in [-0.25, -0.2) is 0 Å². The Bertz CT molecular complexity index is 1060. The van der Waals surface area contributed by atoms with E-state index in [1.165, 1.54) is 11.2 Å². The van der Waals surface area contributed by atoms with Gasteiger partial charge in [-0.3, -0.25) is 4.79 Å². The maximum Gasteiger partial charge on any atom is 0.235 e. The van der Waals surface area contributed by atoms with E-state index >= 15 is 0 Å². The average molecular weight is 412 g/mol. The summed E-state index contributed by atoms with van der Waals surface area (Å²) in [5.74, 6) is 1.25. The predicted octanol–water partition coefficient (Wildman–Crippen LogP) is 1.55. The van der Waals surface area contributed by atoms with Crippen molar-refractivity contribution >= 4 is 11.0 Å². The number of nitrogens with one attached hydrogen (secondary N) is 1. The first-order valence-corrected chi connectivity index (χ1v) is 10.1. The van der Waals surface area contributed by atoms with Crippen molar-refractivity contribution in [3.63, 3.8) is 0 Å². The van der Waals surface area contributed by atoms with E-state index in [0.29, 0.717) is 29.0 Å². The maximum atomic E-state index is 12.7. The number of benzene rings is 2. The van der Waals surface area contributed by atoms with Gasteiger partial charge in [-0.2, -0.15) is 0 Å². The van der Waals surface area contributed by atoms with Gasteiger partial charge in [-0.15, -0.1) is 0 Å². The molecule has 1 aliphatic heterocycles. The minimum atomic E-state index is -0.578. The number of ether oxygens (including phenoxy) is 3. The zero-order valence-electron chi connectivity index (χ0n) is 16.9. The van der Waals surface area contributed by atoms with E-state index in [-0.39, 0.29) is 17.8 Å². The first-order valence-electron chi connectivity index (χ1n) is 10.1. The van der Waals surface area contributed by atoms with Crippen molar-refractivity contribution in [3.8, 4) is 17.2 Å². The maximum absolute atomic E-state index is 12.7. The van der Waals surface area contributed by atoms with Gasteiger partial charge in [0.05, 0.1) is 18.6 Å². The van der Waals surface area contributed by atoms with Crippen LogP contribution in [0, 0.1) is 6.92 Å². The van der Waals surface area contributed by atoms with E-state index in [4.69, 9.17) is 18.6 Å². The zero-order valence-corrected chi connectivity index (χ0v) is 16.9. The summed E-state index contributed by atoms with van der Waals surface area (Å²) in [4.78, 5) is 14.0. The van der Waals surface area contributed by atoms with Crippen LogP contribution in [0.4, 0.5) is 0 Å². The minimum Gasteiger partial charge on any atom is -0.491 e. The molecule has 0 bridgehead atoms. The molecule has 0 saturated carbocycles. The van der Waals surface area contributed by atoms with Crippen LogP contribution in [-0.2, 0) is 4.74 Å². The molecule has 0 amide bonds. The number of hydrogen-bond acceptors (Lipinski definition) is 6. The predicted molar refractivity (Wildman–Crippen MR) is 112 cm³/mol. The third-order valence-electron chi connectivity index (χ3n) is 5.10. The number of aliphatic hydroxyl groups is 1. The van der Waals surface area contributed by atoms with E-state index in [0.717, 1.165) is 31.9 Å². The number of fused-ring (bicyclic) bond motifs is 1. The fourth-order valence-electron chi connectivity index (χ4n) is 3.51. The molecule has 2 aromatic carbocycles. The quantitative estimate of drug-likeness (QED) is 0.613. The van der Waals surface area contributed by atoms with Gasteiger partial charge in [0.15, 0.2) is 0 Å². The molecule has 0 aliphatic carbocycles. The van der Waals surface area contributed by atoms with Gasteiger partial charge < -0.3 is 28.6 Å². The smallest absolute Gasteiger partial charge is 0.235 e. The number of hydrogen-bond donors (Lipinski definition) is 2. The summed E-state index contributed by atoms with van der Waals surface area (Å²) >= 11 is 0. The number of aryl methyl sites for hydroxylation is 1. The molecule has 4 rings (SSSR count). The van der Waals surface area contributed by atoms with Crippen molar-refractivity contribution in [2.75, 3.05) is 39.5 Å². The molecule has 0 radical (unpaired) electrons. The SMILES string of the molecule is Cc1cccc(Oc2coc3cc(OCC(O)C[NH+]4CCOCC4)ccc3c2=O)c1. The first-order chi connectivity index (χ1) is 14.6. The molecule has 2 heterocycles.